The third kappa shape index (κ3) is 6.27. The minimum atomic E-state index is 0.0716. The molecule has 306 valence electrons. The third-order valence-electron chi connectivity index (χ3n) is 14.1. The van der Waals surface area contributed by atoms with E-state index in [1.807, 2.05) is 0 Å². The fourth-order valence-electron chi connectivity index (χ4n) is 10.7. The van der Waals surface area contributed by atoms with Gasteiger partial charge < -0.3 is 19.2 Å². The molecule has 4 nitrogen and oxygen atoms in total. The highest BCUT2D eigenvalue weighted by Gasteiger charge is 2.39. The van der Waals surface area contributed by atoms with E-state index in [9.17, 15) is 0 Å². The quantitative estimate of drug-likeness (QED) is 0.110. The number of anilines is 5. The van der Waals surface area contributed by atoms with Gasteiger partial charge in [0, 0.05) is 44.5 Å². The molecule has 0 unspecified atom stereocenters. The van der Waals surface area contributed by atoms with Crippen LogP contribution < -0.4 is 21.3 Å². The molecule has 3 heterocycles. The van der Waals surface area contributed by atoms with Gasteiger partial charge in [0.1, 0.15) is 5.58 Å². The summed E-state index contributed by atoms with van der Waals surface area (Å²) in [6.45, 7) is 11.9. The molecule has 1 N–H and O–H groups in total. The van der Waals surface area contributed by atoms with Crippen molar-refractivity contribution in [3.63, 3.8) is 0 Å². The van der Waals surface area contributed by atoms with E-state index in [4.69, 9.17) is 4.42 Å². The number of para-hydroxylation sites is 4. The Hall–Kier alpha value is -6.46. The highest BCUT2D eigenvalue weighted by molar-refractivity contribution is 6.73. The number of furan rings is 1. The Bertz CT molecular complexity index is 3100. The first kappa shape index (κ1) is 38.5. The summed E-state index contributed by atoms with van der Waals surface area (Å²) >= 11 is 0. The first-order valence-electron chi connectivity index (χ1n) is 22.8. The third-order valence-corrected chi connectivity index (χ3v) is 14.1. The monoisotopic (exact) mass is 807 g/mol. The standard InChI is InChI=1S/C57H54BN3O/c1-6-7-10-19-37-28-30-38(31-29-37)59-47-26-17-15-24-41(47)43-35-49(60(39-20-11-8-12-21-39)40-22-13-9-14-23-40)51-42-25-16-18-27-48(42)61-53-44-34-45-46(57(4,5)33-32-56(45,2)3)36-50(44)62-55(53)58-52(43)54(51)61/h8-9,11-18,20-31,34-36,58-59H,6-7,10,19,32-33H2,1-5H3. The molecule has 11 rings (SSSR count). The molecule has 0 spiro atoms. The zero-order chi connectivity index (χ0) is 42.2. The molecule has 1 aliphatic heterocycles. The van der Waals surface area contributed by atoms with E-state index in [0.717, 1.165) is 64.5 Å². The largest absolute Gasteiger partial charge is 0.469 e. The number of aryl methyl sites for hydroxylation is 1. The van der Waals surface area contributed by atoms with Gasteiger partial charge in [-0.25, -0.2) is 0 Å². The van der Waals surface area contributed by atoms with Crippen molar-refractivity contribution in [3.05, 3.63) is 168 Å². The second-order valence-corrected chi connectivity index (χ2v) is 19.0. The molecule has 5 heteroatoms. The number of benzene rings is 7. The van der Waals surface area contributed by atoms with E-state index < -0.39 is 0 Å². The van der Waals surface area contributed by atoms with Crippen LogP contribution in [0.3, 0.4) is 0 Å². The predicted molar refractivity (Wildman–Crippen MR) is 265 cm³/mol. The second-order valence-electron chi connectivity index (χ2n) is 19.0. The van der Waals surface area contributed by atoms with Crippen LogP contribution in [0.25, 0.3) is 49.6 Å². The van der Waals surface area contributed by atoms with Gasteiger partial charge in [0.05, 0.1) is 28.1 Å². The molecule has 0 fully saturated rings. The Balaban J connectivity index is 1.20. The Kier molecular flexibility index (Phi) is 9.23. The molecule has 9 aromatic rings. The smallest absolute Gasteiger partial charge is 0.244 e. The topological polar surface area (TPSA) is 33.3 Å². The molecule has 2 aromatic heterocycles. The Morgan fingerprint density at radius 1 is 0.661 bits per heavy atom. The maximum absolute atomic E-state index is 7.16. The average molecular weight is 808 g/mol. The van der Waals surface area contributed by atoms with Crippen LogP contribution in [0, 0.1) is 0 Å². The van der Waals surface area contributed by atoms with Gasteiger partial charge in [-0.3, -0.25) is 0 Å². The second kappa shape index (κ2) is 14.9. The number of nitrogens with zero attached hydrogens (tertiary/aromatic N) is 2. The van der Waals surface area contributed by atoms with E-state index in [-0.39, 0.29) is 10.8 Å². The molecule has 62 heavy (non-hydrogen) atoms. The van der Waals surface area contributed by atoms with Gasteiger partial charge in [0.2, 0.25) is 7.28 Å². The summed E-state index contributed by atoms with van der Waals surface area (Å²) < 4.78 is 9.72. The number of nitrogens with one attached hydrogen (secondary N) is 1. The van der Waals surface area contributed by atoms with Crippen molar-refractivity contribution in [2.24, 2.45) is 0 Å². The predicted octanol–water partition coefficient (Wildman–Crippen LogP) is 14.2. The van der Waals surface area contributed by atoms with Crippen LogP contribution in [-0.4, -0.2) is 11.8 Å². The molecule has 0 saturated carbocycles. The number of hydrogen-bond acceptors (Lipinski definition) is 3. The number of unbranched alkanes of at least 4 members (excludes halogenated alkanes) is 2. The van der Waals surface area contributed by atoms with E-state index in [2.05, 4.69) is 201 Å². The van der Waals surface area contributed by atoms with E-state index >= 15 is 0 Å². The van der Waals surface area contributed by atoms with Crippen molar-refractivity contribution in [2.75, 3.05) is 10.2 Å². The molecule has 0 bridgehead atoms. The zero-order valence-corrected chi connectivity index (χ0v) is 36.7. The summed E-state index contributed by atoms with van der Waals surface area (Å²) in [6, 6.07) is 56.0. The number of aromatic nitrogens is 1. The lowest BCUT2D eigenvalue weighted by molar-refractivity contribution is 0.332. The first-order chi connectivity index (χ1) is 30.2. The first-order valence-corrected chi connectivity index (χ1v) is 22.8. The lowest BCUT2D eigenvalue weighted by Gasteiger charge is -2.41. The van der Waals surface area contributed by atoms with Crippen LogP contribution in [-0.2, 0) is 17.3 Å². The van der Waals surface area contributed by atoms with E-state index in [1.165, 1.54) is 79.9 Å². The van der Waals surface area contributed by atoms with Gasteiger partial charge >= 0.3 is 0 Å². The minimum absolute atomic E-state index is 0.0716. The molecule has 0 saturated heterocycles. The molecule has 0 amide bonds. The maximum Gasteiger partial charge on any atom is 0.244 e. The van der Waals surface area contributed by atoms with Crippen molar-refractivity contribution >= 4 is 79.6 Å². The van der Waals surface area contributed by atoms with Crippen molar-refractivity contribution in [3.8, 4) is 16.8 Å². The van der Waals surface area contributed by atoms with Crippen molar-refractivity contribution < 1.29 is 4.42 Å². The van der Waals surface area contributed by atoms with E-state index in [0.29, 0.717) is 7.28 Å². The molecule has 7 aromatic carbocycles. The number of fused-ring (bicyclic) bond motifs is 8. The average Bonchev–Trinajstić information content (AvgIpc) is 3.83. The van der Waals surface area contributed by atoms with Crippen LogP contribution in [0.1, 0.15) is 83.4 Å². The van der Waals surface area contributed by atoms with Crippen LogP contribution in [0.15, 0.2) is 156 Å². The summed E-state index contributed by atoms with van der Waals surface area (Å²) in [5.74, 6) is 0. The van der Waals surface area contributed by atoms with Crippen LogP contribution in [0.4, 0.5) is 28.4 Å². The van der Waals surface area contributed by atoms with Crippen LogP contribution in [0.5, 0.6) is 0 Å². The summed E-state index contributed by atoms with van der Waals surface area (Å²) in [5.41, 5.74) is 19.2. The van der Waals surface area contributed by atoms with Gasteiger partial charge in [-0.1, -0.05) is 132 Å². The Morgan fingerprint density at radius 2 is 1.31 bits per heavy atom. The van der Waals surface area contributed by atoms with Gasteiger partial charge in [-0.05, 0) is 131 Å². The number of rotatable bonds is 10. The molecule has 0 radical (unpaired) electrons. The Labute approximate surface area is 366 Å². The minimum Gasteiger partial charge on any atom is -0.469 e. The van der Waals surface area contributed by atoms with Gasteiger partial charge in [-0.15, -0.1) is 0 Å². The summed E-state index contributed by atoms with van der Waals surface area (Å²) in [7, 11) is 0.682. The molecule has 0 atom stereocenters. The summed E-state index contributed by atoms with van der Waals surface area (Å²) in [5, 5.41) is 7.56. The highest BCUT2D eigenvalue weighted by Crippen LogP contribution is 2.50. The normalized spacial score (nSPS) is 14.7. The van der Waals surface area contributed by atoms with Gasteiger partial charge in [-0.2, -0.15) is 0 Å². The molecule has 2 aliphatic rings. The fraction of sp³-hybridized carbons (Fsp3) is 0.228. The van der Waals surface area contributed by atoms with E-state index in [1.54, 1.807) is 0 Å². The molecular formula is C57H54BN3O. The zero-order valence-electron chi connectivity index (χ0n) is 36.7. The van der Waals surface area contributed by atoms with Crippen molar-refractivity contribution in [1.29, 1.82) is 0 Å². The summed E-state index contributed by atoms with van der Waals surface area (Å²) in [4.78, 5) is 2.46. The van der Waals surface area contributed by atoms with Gasteiger partial charge in [0.15, 0.2) is 0 Å². The highest BCUT2D eigenvalue weighted by atomic mass is 16.3. The van der Waals surface area contributed by atoms with Crippen LogP contribution >= 0.6 is 0 Å². The molecular weight excluding hydrogens is 753 g/mol. The van der Waals surface area contributed by atoms with Gasteiger partial charge in [0.25, 0.3) is 0 Å². The SMILES string of the molecule is CCCCCc1ccc(Nc2ccccc2-c2cc(N(c3ccccc3)c3ccccc3)c3c4ccccc4n4c3c2Bc2oc3cc5c(cc3c2-4)C(C)(C)CCC5(C)C)cc1. The Morgan fingerprint density at radius 3 is 2.02 bits per heavy atom. The van der Waals surface area contributed by atoms with Crippen molar-refractivity contribution in [2.45, 2.75) is 84.0 Å². The summed E-state index contributed by atoms with van der Waals surface area (Å²) in [6.07, 6.45) is 7.17. The number of hydrogen-bond donors (Lipinski definition) is 1. The lowest BCUT2D eigenvalue weighted by atomic mass is 9.61. The van der Waals surface area contributed by atoms with Crippen molar-refractivity contribution in [1.82, 2.24) is 4.57 Å². The maximum atomic E-state index is 7.16. The van der Waals surface area contributed by atoms with Crippen LogP contribution in [0.2, 0.25) is 0 Å². The lowest BCUT2D eigenvalue weighted by Crippen LogP contribution is -2.36. The molecule has 1 aliphatic carbocycles. The fourth-order valence-corrected chi connectivity index (χ4v) is 10.7.